The number of rotatable bonds is 1. The van der Waals surface area contributed by atoms with Crippen molar-refractivity contribution in [1.29, 1.82) is 0 Å². The van der Waals surface area contributed by atoms with Gasteiger partial charge in [0.05, 0.1) is 0 Å². The highest BCUT2D eigenvalue weighted by molar-refractivity contribution is 7.71. The molecule has 1 unspecified atom stereocenters. The summed E-state index contributed by atoms with van der Waals surface area (Å²) in [7, 11) is -0.353. The van der Waals surface area contributed by atoms with Crippen LogP contribution >= 0.6 is 31.1 Å². The molecule has 3 heteroatoms. The van der Waals surface area contributed by atoms with Gasteiger partial charge in [0.15, 0.2) is 0 Å². The smallest absolute Gasteiger partial charge is 0.0962 e. The van der Waals surface area contributed by atoms with E-state index in [9.17, 15) is 0 Å². The standard InChI is InChI=1S/C10H11Cl2P/c11-10(12)7-4-8-13(10)9-5-2-1-3-6-9/h1-3,5-6H,4,7-8H2. The van der Waals surface area contributed by atoms with Crippen molar-refractivity contribution in [3.05, 3.63) is 30.3 Å². The summed E-state index contributed by atoms with van der Waals surface area (Å²) in [6, 6.07) is 10.4. The van der Waals surface area contributed by atoms with Crippen LogP contribution in [-0.2, 0) is 0 Å². The second kappa shape index (κ2) is 3.77. The zero-order valence-corrected chi connectivity index (χ0v) is 9.62. The van der Waals surface area contributed by atoms with Gasteiger partial charge in [-0.05, 0) is 32.2 Å². The first-order valence-corrected chi connectivity index (χ1v) is 6.69. The molecule has 0 aliphatic carbocycles. The van der Waals surface area contributed by atoms with Gasteiger partial charge in [0, 0.05) is 0 Å². The molecular formula is C10H11Cl2P. The molecule has 1 heterocycles. The third-order valence-electron chi connectivity index (χ3n) is 2.32. The summed E-state index contributed by atoms with van der Waals surface area (Å²) in [5, 5.41) is 1.33. The minimum Gasteiger partial charge on any atom is -0.0962 e. The number of alkyl halides is 2. The van der Waals surface area contributed by atoms with E-state index < -0.39 is 4.07 Å². The fraction of sp³-hybridized carbons (Fsp3) is 0.400. The predicted molar refractivity (Wildman–Crippen MR) is 61.5 cm³/mol. The lowest BCUT2D eigenvalue weighted by Crippen LogP contribution is -2.12. The summed E-state index contributed by atoms with van der Waals surface area (Å²) < 4.78 is -0.476. The predicted octanol–water partition coefficient (Wildman–Crippen LogP) is 3.72. The molecule has 0 spiro atoms. The minimum absolute atomic E-state index is 0.353. The van der Waals surface area contributed by atoms with Crippen LogP contribution in [-0.4, -0.2) is 10.2 Å². The number of benzene rings is 1. The van der Waals surface area contributed by atoms with Crippen LogP contribution in [0.3, 0.4) is 0 Å². The first-order valence-electron chi connectivity index (χ1n) is 4.41. The maximum absolute atomic E-state index is 6.26. The van der Waals surface area contributed by atoms with Gasteiger partial charge < -0.3 is 0 Å². The molecule has 70 valence electrons. The zero-order valence-electron chi connectivity index (χ0n) is 7.21. The molecule has 1 aliphatic rings. The second-order valence-electron chi connectivity index (χ2n) is 3.26. The Kier molecular flexibility index (Phi) is 2.83. The summed E-state index contributed by atoms with van der Waals surface area (Å²) in [5.74, 6) is 0. The van der Waals surface area contributed by atoms with Crippen molar-refractivity contribution in [2.75, 3.05) is 6.16 Å². The van der Waals surface area contributed by atoms with E-state index in [-0.39, 0.29) is 7.92 Å². The summed E-state index contributed by atoms with van der Waals surface area (Å²) >= 11 is 12.5. The number of halogens is 2. The van der Waals surface area contributed by atoms with Crippen molar-refractivity contribution >= 4 is 36.4 Å². The monoisotopic (exact) mass is 232 g/mol. The van der Waals surface area contributed by atoms with Gasteiger partial charge >= 0.3 is 0 Å². The van der Waals surface area contributed by atoms with Gasteiger partial charge in [-0.25, -0.2) is 0 Å². The summed E-state index contributed by atoms with van der Waals surface area (Å²) in [5.41, 5.74) is 0. The van der Waals surface area contributed by atoms with Crippen molar-refractivity contribution < 1.29 is 0 Å². The lowest BCUT2D eigenvalue weighted by Gasteiger charge is -2.22. The van der Waals surface area contributed by atoms with Crippen LogP contribution in [0.25, 0.3) is 0 Å². The SMILES string of the molecule is ClC1(Cl)CCCP1c1ccccc1. The number of hydrogen-bond donors (Lipinski definition) is 0. The molecule has 1 aromatic rings. The van der Waals surface area contributed by atoms with Crippen LogP contribution in [0, 0.1) is 0 Å². The largest absolute Gasteiger partial charge is 0.140 e. The van der Waals surface area contributed by atoms with E-state index in [4.69, 9.17) is 23.2 Å². The maximum Gasteiger partial charge on any atom is 0.140 e. The van der Waals surface area contributed by atoms with Gasteiger partial charge in [0.1, 0.15) is 4.07 Å². The molecule has 0 bridgehead atoms. The first-order chi connectivity index (χ1) is 6.20. The van der Waals surface area contributed by atoms with Crippen molar-refractivity contribution in [2.24, 2.45) is 0 Å². The normalized spacial score (nSPS) is 26.2. The Balaban J connectivity index is 2.27. The Morgan fingerprint density at radius 1 is 1.15 bits per heavy atom. The molecule has 13 heavy (non-hydrogen) atoms. The fourth-order valence-electron chi connectivity index (χ4n) is 1.67. The first kappa shape index (κ1) is 9.77. The maximum atomic E-state index is 6.26. The zero-order chi connectivity index (χ0) is 9.31. The number of hydrogen-bond acceptors (Lipinski definition) is 0. The van der Waals surface area contributed by atoms with E-state index in [0.29, 0.717) is 0 Å². The van der Waals surface area contributed by atoms with E-state index in [0.717, 1.165) is 12.8 Å². The molecule has 1 atom stereocenters. The Labute approximate surface area is 90.0 Å². The van der Waals surface area contributed by atoms with E-state index in [1.54, 1.807) is 0 Å². The molecule has 1 aliphatic heterocycles. The minimum atomic E-state index is -0.476. The molecule has 0 aromatic heterocycles. The Morgan fingerprint density at radius 3 is 2.38 bits per heavy atom. The van der Waals surface area contributed by atoms with Crippen LogP contribution in [0.2, 0.25) is 0 Å². The lowest BCUT2D eigenvalue weighted by molar-refractivity contribution is 0.883. The Bertz CT molecular complexity index is 284. The molecule has 1 saturated heterocycles. The third kappa shape index (κ3) is 2.01. The highest BCUT2D eigenvalue weighted by atomic mass is 35.5. The average Bonchev–Trinajstić information content (AvgIpc) is 2.47. The molecule has 0 radical (unpaired) electrons. The van der Waals surface area contributed by atoms with Gasteiger partial charge in [-0.2, -0.15) is 0 Å². The highest BCUT2D eigenvalue weighted by Gasteiger charge is 2.39. The molecule has 0 nitrogen and oxygen atoms in total. The van der Waals surface area contributed by atoms with E-state index in [1.807, 2.05) is 6.07 Å². The molecule has 0 saturated carbocycles. The Morgan fingerprint density at radius 2 is 1.85 bits per heavy atom. The van der Waals surface area contributed by atoms with Gasteiger partial charge in [-0.15, -0.1) is 0 Å². The summed E-state index contributed by atoms with van der Waals surface area (Å²) in [4.78, 5) is 0. The molecule has 2 rings (SSSR count). The summed E-state index contributed by atoms with van der Waals surface area (Å²) in [6.45, 7) is 0. The lowest BCUT2D eigenvalue weighted by atomic mass is 10.4. The summed E-state index contributed by atoms with van der Waals surface area (Å²) in [6.07, 6.45) is 3.27. The second-order valence-corrected chi connectivity index (χ2v) is 7.85. The molecule has 1 aromatic carbocycles. The fourth-order valence-corrected chi connectivity index (χ4v) is 5.43. The van der Waals surface area contributed by atoms with Crippen molar-refractivity contribution in [3.63, 3.8) is 0 Å². The highest BCUT2D eigenvalue weighted by Crippen LogP contribution is 2.62. The molecule has 0 N–H and O–H groups in total. The molecular weight excluding hydrogens is 222 g/mol. The quantitative estimate of drug-likeness (QED) is 0.512. The van der Waals surface area contributed by atoms with Gasteiger partial charge in [-0.3, -0.25) is 0 Å². The van der Waals surface area contributed by atoms with Crippen LogP contribution in [0.15, 0.2) is 30.3 Å². The van der Waals surface area contributed by atoms with Crippen LogP contribution < -0.4 is 5.30 Å². The van der Waals surface area contributed by atoms with E-state index in [2.05, 4.69) is 24.3 Å². The molecule has 1 fully saturated rings. The van der Waals surface area contributed by atoms with Gasteiger partial charge in [-0.1, -0.05) is 53.5 Å². The third-order valence-corrected chi connectivity index (χ3v) is 6.62. The average molecular weight is 233 g/mol. The van der Waals surface area contributed by atoms with Crippen molar-refractivity contribution in [3.8, 4) is 0 Å². The molecule has 0 amide bonds. The Hall–Kier alpha value is 0.230. The van der Waals surface area contributed by atoms with E-state index in [1.165, 1.54) is 11.5 Å². The van der Waals surface area contributed by atoms with Crippen molar-refractivity contribution in [1.82, 2.24) is 0 Å². The van der Waals surface area contributed by atoms with Crippen LogP contribution in [0.4, 0.5) is 0 Å². The van der Waals surface area contributed by atoms with Crippen molar-refractivity contribution in [2.45, 2.75) is 16.9 Å². The topological polar surface area (TPSA) is 0 Å². The van der Waals surface area contributed by atoms with Crippen LogP contribution in [0.5, 0.6) is 0 Å². The van der Waals surface area contributed by atoms with Crippen LogP contribution in [0.1, 0.15) is 12.8 Å². The van der Waals surface area contributed by atoms with E-state index >= 15 is 0 Å². The van der Waals surface area contributed by atoms with Gasteiger partial charge in [0.25, 0.3) is 0 Å². The van der Waals surface area contributed by atoms with Gasteiger partial charge in [0.2, 0.25) is 0 Å².